The van der Waals surface area contributed by atoms with Gasteiger partial charge in [-0.05, 0) is 31.9 Å². The van der Waals surface area contributed by atoms with E-state index in [-0.39, 0.29) is 0 Å². The summed E-state index contributed by atoms with van der Waals surface area (Å²) in [4.78, 5) is 8.61. The molecule has 0 bridgehead atoms. The maximum atomic E-state index is 10.5. The van der Waals surface area contributed by atoms with Gasteiger partial charge in [0.25, 0.3) is 0 Å². The van der Waals surface area contributed by atoms with Crippen LogP contribution in [0.4, 0.5) is 0 Å². The van der Waals surface area contributed by atoms with Crippen molar-refractivity contribution in [1.82, 2.24) is 0 Å². The van der Waals surface area contributed by atoms with E-state index in [0.29, 0.717) is 5.75 Å². The van der Waals surface area contributed by atoms with Crippen LogP contribution in [0.2, 0.25) is 0 Å². The molecule has 0 spiro atoms. The van der Waals surface area contributed by atoms with Crippen molar-refractivity contribution in [2.75, 3.05) is 0 Å². The third-order valence-electron chi connectivity index (χ3n) is 1.77. The first-order valence-electron chi connectivity index (χ1n) is 4.30. The van der Waals surface area contributed by atoms with E-state index in [9.17, 15) is 4.57 Å². The molecule has 0 amide bonds. The fourth-order valence-electron chi connectivity index (χ4n) is 1.39. The number of benzene rings is 1. The fourth-order valence-corrected chi connectivity index (χ4v) is 1.83. The predicted octanol–water partition coefficient (Wildman–Crippen LogP) is 4.02. The summed E-state index contributed by atoms with van der Waals surface area (Å²) in [5.74, 6) is 0.509. The van der Waals surface area contributed by atoms with E-state index in [4.69, 9.17) is 26.4 Å². The first-order valence-corrected chi connectivity index (χ1v) is 11.8. The van der Waals surface area contributed by atoms with Crippen LogP contribution in [0, 0.1) is 20.8 Å². The van der Waals surface area contributed by atoms with Gasteiger partial charge in [-0.1, -0.05) is 17.7 Å². The number of halogens is 2. The van der Waals surface area contributed by atoms with Gasteiger partial charge in [-0.3, -0.25) is 0 Å². The zero-order valence-electron chi connectivity index (χ0n) is 9.12. The molecule has 1 rings (SSSR count). The van der Waals surface area contributed by atoms with Gasteiger partial charge < -0.3 is 0 Å². The molecule has 16 heavy (non-hydrogen) atoms. The second-order valence-electron chi connectivity index (χ2n) is 3.13. The Balaban J connectivity index is 0.000000673. The SMILES string of the molecule is Cc1cc(C)c(O[P+](=O)O)c(C)c1.[Cl][Zr][Cl]. The van der Waals surface area contributed by atoms with E-state index in [1.165, 1.54) is 0 Å². The number of hydrogen-bond donors (Lipinski definition) is 1. The zero-order chi connectivity index (χ0) is 12.7. The third kappa shape index (κ3) is 6.32. The third-order valence-corrected chi connectivity index (χ3v) is 2.11. The average molecular weight is 361 g/mol. The Morgan fingerprint density at radius 1 is 1.25 bits per heavy atom. The molecule has 0 aliphatic heterocycles. The van der Waals surface area contributed by atoms with E-state index in [2.05, 4.69) is 0 Å². The van der Waals surface area contributed by atoms with Crippen LogP contribution in [0.15, 0.2) is 12.1 Å². The van der Waals surface area contributed by atoms with Crippen molar-refractivity contribution in [2.24, 2.45) is 0 Å². The van der Waals surface area contributed by atoms with Gasteiger partial charge >= 0.3 is 46.1 Å². The van der Waals surface area contributed by atoms with Crippen molar-refractivity contribution < 1.29 is 34.8 Å². The summed E-state index contributed by atoms with van der Waals surface area (Å²) in [6.45, 7) is 5.69. The molecule has 0 saturated heterocycles. The van der Waals surface area contributed by atoms with Crippen LogP contribution in [0.5, 0.6) is 5.75 Å². The summed E-state index contributed by atoms with van der Waals surface area (Å²) in [6, 6.07) is 3.84. The second kappa shape index (κ2) is 8.61. The molecule has 3 nitrogen and oxygen atoms in total. The Bertz CT molecular complexity index is 351. The number of rotatable bonds is 2. The van der Waals surface area contributed by atoms with Crippen LogP contribution >= 0.6 is 25.3 Å². The summed E-state index contributed by atoms with van der Waals surface area (Å²) in [5, 5.41) is 0. The van der Waals surface area contributed by atoms with Crippen molar-refractivity contribution >= 4 is 25.3 Å². The molecule has 0 saturated carbocycles. The molecule has 0 aliphatic carbocycles. The Kier molecular flexibility index (Phi) is 8.90. The predicted molar refractivity (Wildman–Crippen MR) is 62.8 cm³/mol. The molecule has 0 aromatic heterocycles. The van der Waals surface area contributed by atoms with Crippen molar-refractivity contribution in [3.05, 3.63) is 28.8 Å². The first-order chi connectivity index (χ1) is 7.42. The second-order valence-corrected chi connectivity index (χ2v) is 7.52. The molecule has 1 aromatic rings. The summed E-state index contributed by atoms with van der Waals surface area (Å²) in [5.41, 5.74) is 2.89. The molecule has 0 fully saturated rings. The normalized spacial score (nSPS) is 10.0. The summed E-state index contributed by atoms with van der Waals surface area (Å²) in [7, 11) is 7.30. The van der Waals surface area contributed by atoms with Crippen molar-refractivity contribution in [1.29, 1.82) is 0 Å². The quantitative estimate of drug-likeness (QED) is 0.810. The molecule has 1 aromatic carbocycles. The van der Waals surface area contributed by atoms with Crippen LogP contribution in [-0.4, -0.2) is 4.89 Å². The molecule has 0 heterocycles. The van der Waals surface area contributed by atoms with Gasteiger partial charge in [0, 0.05) is 4.57 Å². The zero-order valence-corrected chi connectivity index (χ0v) is 14.0. The van der Waals surface area contributed by atoms with Gasteiger partial charge in [0.05, 0.1) is 0 Å². The van der Waals surface area contributed by atoms with Crippen molar-refractivity contribution in [3.8, 4) is 5.75 Å². The van der Waals surface area contributed by atoms with Crippen molar-refractivity contribution in [2.45, 2.75) is 20.8 Å². The molecule has 1 unspecified atom stereocenters. The Morgan fingerprint density at radius 2 is 1.62 bits per heavy atom. The summed E-state index contributed by atoms with van der Waals surface area (Å²) >= 11 is -0.826. The topological polar surface area (TPSA) is 46.5 Å². The maximum absolute atomic E-state index is 10.5. The van der Waals surface area contributed by atoms with E-state index in [1.807, 2.05) is 32.9 Å². The molecule has 0 aliphatic rings. The van der Waals surface area contributed by atoms with Crippen LogP contribution < -0.4 is 4.52 Å². The van der Waals surface area contributed by atoms with Gasteiger partial charge in [0.15, 0.2) is 5.75 Å². The van der Waals surface area contributed by atoms with Crippen LogP contribution in [0.25, 0.3) is 0 Å². The molecule has 88 valence electrons. The van der Waals surface area contributed by atoms with E-state index >= 15 is 0 Å². The molecule has 1 atom stereocenters. The van der Waals surface area contributed by atoms with E-state index < -0.39 is 29.1 Å². The van der Waals surface area contributed by atoms with Gasteiger partial charge in [0.2, 0.25) is 0 Å². The minimum atomic E-state index is -2.57. The van der Waals surface area contributed by atoms with Crippen LogP contribution in [0.3, 0.4) is 0 Å². The summed E-state index contributed by atoms with van der Waals surface area (Å²) < 4.78 is 15.3. The average Bonchev–Trinajstić information content (AvgIpc) is 2.12. The number of aryl methyl sites for hydroxylation is 3. The fraction of sp³-hybridized carbons (Fsp3) is 0.333. The van der Waals surface area contributed by atoms with E-state index in [1.54, 1.807) is 0 Å². The minimum absolute atomic E-state index is 0.509. The Labute approximate surface area is 115 Å². The summed E-state index contributed by atoms with van der Waals surface area (Å²) in [6.07, 6.45) is 0. The monoisotopic (exact) mass is 359 g/mol. The Hall–Kier alpha value is 0.543. The molecule has 0 radical (unpaired) electrons. The van der Waals surface area contributed by atoms with Crippen molar-refractivity contribution in [3.63, 3.8) is 0 Å². The van der Waals surface area contributed by atoms with Gasteiger partial charge in [0.1, 0.15) is 0 Å². The van der Waals surface area contributed by atoms with E-state index in [0.717, 1.165) is 16.7 Å². The standard InChI is InChI=1S/C9H11O3P.2ClH.Zr/c1-6-4-7(2)9(8(3)5-6)12-13(10)11;;;/h4-5H,1-3H3;2*1H;/q;;;+2/p-1. The molecule has 7 heteroatoms. The molecular weight excluding hydrogens is 349 g/mol. The Morgan fingerprint density at radius 3 is 1.94 bits per heavy atom. The van der Waals surface area contributed by atoms with Crippen LogP contribution in [-0.2, 0) is 25.4 Å². The van der Waals surface area contributed by atoms with Gasteiger partial charge in [-0.2, -0.15) is 0 Å². The first kappa shape index (κ1) is 16.5. The van der Waals surface area contributed by atoms with Crippen LogP contribution in [0.1, 0.15) is 16.7 Å². The van der Waals surface area contributed by atoms with Gasteiger partial charge in [-0.15, -0.1) is 4.89 Å². The number of hydrogen-bond acceptors (Lipinski definition) is 2. The molecular formula is C9H12Cl2O3PZr+. The van der Waals surface area contributed by atoms with Gasteiger partial charge in [-0.25, -0.2) is 4.52 Å². The molecule has 1 N–H and O–H groups in total.